The van der Waals surface area contributed by atoms with E-state index in [1.807, 2.05) is 31.2 Å². The van der Waals surface area contributed by atoms with Gasteiger partial charge in [-0.05, 0) is 43.2 Å². The summed E-state index contributed by atoms with van der Waals surface area (Å²) >= 11 is 0. The van der Waals surface area contributed by atoms with Gasteiger partial charge in [0, 0.05) is 6.08 Å². The highest BCUT2D eigenvalue weighted by molar-refractivity contribution is 5.91. The van der Waals surface area contributed by atoms with Gasteiger partial charge in [-0.25, -0.2) is 0 Å². The molecule has 2 atom stereocenters. The Kier molecular flexibility index (Phi) is 6.15. The van der Waals surface area contributed by atoms with Crippen molar-refractivity contribution in [1.29, 1.82) is 0 Å². The average molecular weight is 325 g/mol. The highest BCUT2D eigenvalue weighted by Gasteiger charge is 2.17. The van der Waals surface area contributed by atoms with Crippen LogP contribution in [0.3, 0.4) is 0 Å². The van der Waals surface area contributed by atoms with E-state index in [4.69, 9.17) is 4.74 Å². The summed E-state index contributed by atoms with van der Waals surface area (Å²) in [6.45, 7) is 3.78. The zero-order chi connectivity index (χ0) is 17.5. The number of amides is 1. The summed E-state index contributed by atoms with van der Waals surface area (Å²) in [7, 11) is 1.59. The Balaban J connectivity index is 1.94. The highest BCUT2D eigenvalue weighted by Crippen LogP contribution is 2.20. The molecule has 0 aliphatic heterocycles. The zero-order valence-electron chi connectivity index (χ0n) is 14.2. The summed E-state index contributed by atoms with van der Waals surface area (Å²) in [4.78, 5) is 12.0. The van der Waals surface area contributed by atoms with E-state index in [2.05, 4.69) is 5.32 Å². The fourth-order valence-corrected chi connectivity index (χ4v) is 2.39. The SMILES string of the molecule is COc1ccc(C(O)C(C)NC(=O)/C=C/c2cccc(C)c2)cc1. The van der Waals surface area contributed by atoms with Crippen LogP contribution >= 0.6 is 0 Å². The van der Waals surface area contributed by atoms with Crippen molar-refractivity contribution in [2.24, 2.45) is 0 Å². The molecule has 2 N–H and O–H groups in total. The van der Waals surface area contributed by atoms with E-state index in [0.29, 0.717) is 0 Å². The Bertz CT molecular complexity index is 707. The average Bonchev–Trinajstić information content (AvgIpc) is 2.59. The lowest BCUT2D eigenvalue weighted by molar-refractivity contribution is -0.117. The van der Waals surface area contributed by atoms with Crippen LogP contribution in [0.25, 0.3) is 6.08 Å². The number of aryl methyl sites for hydroxylation is 1. The van der Waals surface area contributed by atoms with Gasteiger partial charge in [0.2, 0.25) is 5.91 Å². The Morgan fingerprint density at radius 2 is 1.92 bits per heavy atom. The van der Waals surface area contributed by atoms with Crippen LogP contribution in [-0.4, -0.2) is 24.2 Å². The van der Waals surface area contributed by atoms with Crippen LogP contribution in [0.1, 0.15) is 29.7 Å². The Morgan fingerprint density at radius 3 is 2.54 bits per heavy atom. The minimum atomic E-state index is -0.785. The molecule has 0 bridgehead atoms. The van der Waals surface area contributed by atoms with Gasteiger partial charge in [-0.2, -0.15) is 0 Å². The first-order valence-electron chi connectivity index (χ1n) is 7.87. The fraction of sp³-hybridized carbons (Fsp3) is 0.250. The van der Waals surface area contributed by atoms with E-state index in [1.165, 1.54) is 6.08 Å². The van der Waals surface area contributed by atoms with Crippen molar-refractivity contribution >= 4 is 12.0 Å². The summed E-state index contributed by atoms with van der Waals surface area (Å²) in [5.74, 6) is 0.486. The van der Waals surface area contributed by atoms with Gasteiger partial charge >= 0.3 is 0 Å². The van der Waals surface area contributed by atoms with Crippen molar-refractivity contribution in [3.05, 3.63) is 71.3 Å². The maximum Gasteiger partial charge on any atom is 0.244 e. The number of aliphatic hydroxyl groups excluding tert-OH is 1. The molecule has 0 heterocycles. The third-order valence-corrected chi connectivity index (χ3v) is 3.77. The van der Waals surface area contributed by atoms with E-state index >= 15 is 0 Å². The second-order valence-electron chi connectivity index (χ2n) is 5.76. The van der Waals surface area contributed by atoms with Gasteiger partial charge in [-0.15, -0.1) is 0 Å². The van der Waals surface area contributed by atoms with Crippen LogP contribution in [0.15, 0.2) is 54.6 Å². The molecular formula is C20H23NO3. The monoisotopic (exact) mass is 325 g/mol. The molecule has 0 fully saturated rings. The zero-order valence-corrected chi connectivity index (χ0v) is 14.2. The summed E-state index contributed by atoms with van der Waals surface area (Å²) < 4.78 is 5.10. The van der Waals surface area contributed by atoms with Gasteiger partial charge in [0.25, 0.3) is 0 Å². The molecule has 2 rings (SSSR count). The number of hydrogen-bond donors (Lipinski definition) is 2. The largest absolute Gasteiger partial charge is 0.497 e. The number of nitrogens with one attached hydrogen (secondary N) is 1. The van der Waals surface area contributed by atoms with Crippen LogP contribution in [0.2, 0.25) is 0 Å². The third kappa shape index (κ3) is 4.96. The standard InChI is InChI=1S/C20H23NO3/c1-14-5-4-6-16(13-14)7-12-19(22)21-15(2)20(23)17-8-10-18(24-3)11-9-17/h4-13,15,20,23H,1-3H3,(H,21,22)/b12-7+. The molecule has 0 aromatic heterocycles. The lowest BCUT2D eigenvalue weighted by Gasteiger charge is -2.20. The maximum atomic E-state index is 12.0. The molecule has 2 unspecified atom stereocenters. The van der Waals surface area contributed by atoms with Gasteiger partial charge in [-0.3, -0.25) is 4.79 Å². The fourth-order valence-electron chi connectivity index (χ4n) is 2.39. The quantitative estimate of drug-likeness (QED) is 0.802. The highest BCUT2D eigenvalue weighted by atomic mass is 16.5. The van der Waals surface area contributed by atoms with Crippen molar-refractivity contribution in [2.75, 3.05) is 7.11 Å². The number of carbonyl (C=O) groups is 1. The Hall–Kier alpha value is -2.59. The number of aliphatic hydroxyl groups is 1. The van der Waals surface area contributed by atoms with Crippen molar-refractivity contribution in [2.45, 2.75) is 26.0 Å². The molecule has 2 aromatic carbocycles. The number of methoxy groups -OCH3 is 1. The first-order chi connectivity index (χ1) is 11.5. The van der Waals surface area contributed by atoms with Crippen molar-refractivity contribution in [3.8, 4) is 5.75 Å². The predicted octanol–water partition coefficient (Wildman–Crippen LogP) is 3.26. The van der Waals surface area contributed by atoms with Gasteiger partial charge in [0.1, 0.15) is 5.75 Å². The topological polar surface area (TPSA) is 58.6 Å². The molecule has 4 nitrogen and oxygen atoms in total. The Labute approximate surface area is 142 Å². The number of ether oxygens (including phenoxy) is 1. The number of rotatable bonds is 6. The minimum Gasteiger partial charge on any atom is -0.497 e. The minimum absolute atomic E-state index is 0.239. The molecule has 0 radical (unpaired) electrons. The molecule has 126 valence electrons. The summed E-state index contributed by atoms with van der Waals surface area (Å²) in [6.07, 6.45) is 2.45. The van der Waals surface area contributed by atoms with E-state index in [1.54, 1.807) is 44.4 Å². The van der Waals surface area contributed by atoms with Crippen molar-refractivity contribution in [3.63, 3.8) is 0 Å². The normalized spacial score (nSPS) is 13.5. The smallest absolute Gasteiger partial charge is 0.244 e. The van der Waals surface area contributed by atoms with E-state index < -0.39 is 12.1 Å². The van der Waals surface area contributed by atoms with Crippen LogP contribution in [0.4, 0.5) is 0 Å². The van der Waals surface area contributed by atoms with Crippen molar-refractivity contribution < 1.29 is 14.6 Å². The number of hydrogen-bond acceptors (Lipinski definition) is 3. The van der Waals surface area contributed by atoms with Gasteiger partial charge < -0.3 is 15.2 Å². The molecule has 0 saturated carbocycles. The van der Waals surface area contributed by atoms with E-state index in [0.717, 1.165) is 22.4 Å². The molecular weight excluding hydrogens is 302 g/mol. The van der Waals surface area contributed by atoms with Gasteiger partial charge in [-0.1, -0.05) is 42.0 Å². The molecule has 1 amide bonds. The lowest BCUT2D eigenvalue weighted by Crippen LogP contribution is -2.36. The molecule has 2 aromatic rings. The predicted molar refractivity (Wildman–Crippen MR) is 95.8 cm³/mol. The van der Waals surface area contributed by atoms with Crippen molar-refractivity contribution in [1.82, 2.24) is 5.32 Å². The lowest BCUT2D eigenvalue weighted by atomic mass is 10.0. The van der Waals surface area contributed by atoms with E-state index in [-0.39, 0.29) is 5.91 Å². The summed E-state index contributed by atoms with van der Waals surface area (Å²) in [6, 6.07) is 14.6. The Morgan fingerprint density at radius 1 is 1.21 bits per heavy atom. The maximum absolute atomic E-state index is 12.0. The number of benzene rings is 2. The molecule has 0 spiro atoms. The van der Waals surface area contributed by atoms with Gasteiger partial charge in [0.15, 0.2) is 0 Å². The van der Waals surface area contributed by atoms with E-state index in [9.17, 15) is 9.90 Å². The number of carbonyl (C=O) groups excluding carboxylic acids is 1. The second-order valence-corrected chi connectivity index (χ2v) is 5.76. The molecule has 0 saturated heterocycles. The van der Waals surface area contributed by atoms with Crippen LogP contribution in [-0.2, 0) is 4.79 Å². The van der Waals surface area contributed by atoms with Crippen LogP contribution in [0, 0.1) is 6.92 Å². The molecule has 0 aliphatic rings. The second kappa shape index (κ2) is 8.31. The van der Waals surface area contributed by atoms with Crippen LogP contribution < -0.4 is 10.1 Å². The summed E-state index contributed by atoms with van der Waals surface area (Å²) in [5.41, 5.74) is 2.83. The van der Waals surface area contributed by atoms with Gasteiger partial charge in [0.05, 0.1) is 19.3 Å². The molecule has 4 heteroatoms. The van der Waals surface area contributed by atoms with Crippen LogP contribution in [0.5, 0.6) is 5.75 Å². The third-order valence-electron chi connectivity index (χ3n) is 3.77. The molecule has 0 aliphatic carbocycles. The summed E-state index contributed by atoms with van der Waals surface area (Å²) in [5, 5.41) is 13.1. The first kappa shape index (κ1) is 17.8. The first-order valence-corrected chi connectivity index (χ1v) is 7.87. The molecule has 24 heavy (non-hydrogen) atoms.